The number of rotatable bonds is 41. The van der Waals surface area contributed by atoms with Gasteiger partial charge in [-0.05, 0) is 103 Å². The minimum absolute atomic E-state index is 0.00379. The summed E-state index contributed by atoms with van der Waals surface area (Å²) in [7, 11) is 1.26. The van der Waals surface area contributed by atoms with E-state index in [1.54, 1.807) is 0 Å². The molecule has 0 saturated carbocycles. The molecule has 0 aromatic heterocycles. The molecule has 0 amide bonds. The second kappa shape index (κ2) is 45.0. The molecule has 2 unspecified atom stereocenters. The van der Waals surface area contributed by atoms with Crippen molar-refractivity contribution in [3.63, 3.8) is 0 Å². The molecule has 0 radical (unpaired) electrons. The number of phosphoric ester groups is 1. The van der Waals surface area contributed by atoms with E-state index in [9.17, 15) is 14.3 Å². The first-order valence-electron chi connectivity index (χ1n) is 23.6. The van der Waals surface area contributed by atoms with E-state index < -0.39 is 19.9 Å². The van der Waals surface area contributed by atoms with Gasteiger partial charge in [-0.25, -0.2) is 0 Å². The molecule has 0 spiro atoms. The third kappa shape index (κ3) is 49.3. The summed E-state index contributed by atoms with van der Waals surface area (Å²) in [6.45, 7) is 4.85. The monoisotopic (exact) mass is 892 g/mol. The van der Waals surface area contributed by atoms with Gasteiger partial charge in [0.15, 0.2) is 0 Å². The Kier molecular flexibility index (Phi) is 42.4. The van der Waals surface area contributed by atoms with Gasteiger partial charge in [-0.15, -0.1) is 0 Å². The Morgan fingerprint density at radius 2 is 0.873 bits per heavy atom. The maximum Gasteiger partial charge on any atom is 0.306 e. The fraction of sp³-hybridized carbons (Fsp3) is 0.537. The van der Waals surface area contributed by atoms with Gasteiger partial charge in [-0.2, -0.15) is 0 Å². The number of nitrogens with zero attached hydrogens (tertiary/aromatic N) is 1. The molecule has 0 fully saturated rings. The Morgan fingerprint density at radius 3 is 1.27 bits per heavy atom. The average molecular weight is 892 g/mol. The summed E-state index contributed by atoms with van der Waals surface area (Å²) < 4.78 is 34.5. The van der Waals surface area contributed by atoms with Crippen LogP contribution in [-0.2, 0) is 27.9 Å². The lowest BCUT2D eigenvalue weighted by Gasteiger charge is -2.28. The molecule has 0 aromatic carbocycles. The number of unbranched alkanes of at least 4 members (excludes halogenated alkanes) is 3. The zero-order valence-electron chi connectivity index (χ0n) is 39.9. The van der Waals surface area contributed by atoms with Crippen molar-refractivity contribution in [3.05, 3.63) is 146 Å². The van der Waals surface area contributed by atoms with Crippen molar-refractivity contribution in [1.82, 2.24) is 0 Å². The van der Waals surface area contributed by atoms with E-state index in [2.05, 4.69) is 154 Å². The largest absolute Gasteiger partial charge is 0.756 e. The first kappa shape index (κ1) is 59.4. The molecule has 9 heteroatoms. The van der Waals surface area contributed by atoms with Crippen LogP contribution < -0.4 is 4.89 Å². The van der Waals surface area contributed by atoms with Crippen LogP contribution in [0, 0.1) is 0 Å². The molecule has 2 atom stereocenters. The predicted octanol–water partition coefficient (Wildman–Crippen LogP) is 13.9. The highest BCUT2D eigenvalue weighted by Gasteiger charge is 2.20. The van der Waals surface area contributed by atoms with Crippen LogP contribution in [0.4, 0.5) is 0 Å². The van der Waals surface area contributed by atoms with Crippen LogP contribution >= 0.6 is 7.82 Å². The molecule has 0 rings (SSSR count). The molecule has 63 heavy (non-hydrogen) atoms. The Morgan fingerprint density at radius 1 is 0.492 bits per heavy atom. The summed E-state index contributed by atoms with van der Waals surface area (Å²) in [5.41, 5.74) is 0. The molecule has 0 aliphatic carbocycles. The van der Waals surface area contributed by atoms with E-state index in [4.69, 9.17) is 18.5 Å². The minimum atomic E-state index is -4.57. The average Bonchev–Trinajstić information content (AvgIpc) is 3.24. The molecule has 8 nitrogen and oxygen atoms in total. The molecule has 0 N–H and O–H groups in total. The van der Waals surface area contributed by atoms with E-state index in [-0.39, 0.29) is 26.2 Å². The van der Waals surface area contributed by atoms with E-state index in [0.29, 0.717) is 30.5 Å². The van der Waals surface area contributed by atoms with Gasteiger partial charge in [-0.3, -0.25) is 9.36 Å². The van der Waals surface area contributed by atoms with Gasteiger partial charge >= 0.3 is 5.97 Å². The number of quaternary nitrogens is 1. The fourth-order valence-electron chi connectivity index (χ4n) is 5.35. The third-order valence-corrected chi connectivity index (χ3v) is 9.87. The van der Waals surface area contributed by atoms with Crippen molar-refractivity contribution in [3.8, 4) is 0 Å². The molecular formula is C54H86NO7P. The highest BCUT2D eigenvalue weighted by Crippen LogP contribution is 2.38. The SMILES string of the molecule is CC/C=C\C/C=C\C/C=C\C/C=C\C/C=C\C/C=C\C/C=C\CCCCCC(=O)OC(COCC/C=C\C/C=C\C/C=C\C/C=C\C/C=C\CC)COP(=O)([O-])OCC[N+](C)(C)C. The van der Waals surface area contributed by atoms with Crippen LogP contribution in [-0.4, -0.2) is 70.7 Å². The van der Waals surface area contributed by atoms with Gasteiger partial charge in [0.2, 0.25) is 0 Å². The van der Waals surface area contributed by atoms with Crippen molar-refractivity contribution in [1.29, 1.82) is 0 Å². The van der Waals surface area contributed by atoms with Crippen molar-refractivity contribution in [2.24, 2.45) is 0 Å². The molecular weight excluding hydrogens is 806 g/mol. The molecule has 354 valence electrons. The van der Waals surface area contributed by atoms with Gasteiger partial charge in [0.1, 0.15) is 19.3 Å². The van der Waals surface area contributed by atoms with E-state index in [1.165, 1.54) is 0 Å². The second-order valence-electron chi connectivity index (χ2n) is 16.0. The zero-order valence-corrected chi connectivity index (χ0v) is 40.8. The summed E-state index contributed by atoms with van der Waals surface area (Å²) in [5, 5.41) is 0. The fourth-order valence-corrected chi connectivity index (χ4v) is 6.08. The Balaban J connectivity index is 4.40. The Labute approximate surface area is 385 Å². The summed E-state index contributed by atoms with van der Waals surface area (Å²) in [5.74, 6) is -0.398. The van der Waals surface area contributed by atoms with Crippen LogP contribution in [0.3, 0.4) is 0 Å². The number of phosphoric acid groups is 1. The summed E-state index contributed by atoms with van der Waals surface area (Å²) >= 11 is 0. The molecule has 0 aliphatic heterocycles. The van der Waals surface area contributed by atoms with Gasteiger partial charge in [-0.1, -0.05) is 166 Å². The molecule has 0 bridgehead atoms. The highest BCUT2D eigenvalue weighted by atomic mass is 31.2. The number of hydrogen-bond acceptors (Lipinski definition) is 7. The summed E-state index contributed by atoms with van der Waals surface area (Å²) in [4.78, 5) is 25.1. The van der Waals surface area contributed by atoms with Gasteiger partial charge < -0.3 is 27.9 Å². The van der Waals surface area contributed by atoms with Crippen molar-refractivity contribution >= 4 is 13.8 Å². The van der Waals surface area contributed by atoms with Crippen LogP contribution in [0.1, 0.15) is 129 Å². The molecule has 0 aromatic rings. The van der Waals surface area contributed by atoms with Crippen LogP contribution in [0.25, 0.3) is 0 Å². The number of carbonyl (C=O) groups excluding carboxylic acids is 1. The van der Waals surface area contributed by atoms with E-state index in [0.717, 1.165) is 96.3 Å². The number of esters is 1. The van der Waals surface area contributed by atoms with Crippen LogP contribution in [0.5, 0.6) is 0 Å². The lowest BCUT2D eigenvalue weighted by atomic mass is 10.1. The van der Waals surface area contributed by atoms with E-state index >= 15 is 0 Å². The lowest BCUT2D eigenvalue weighted by Crippen LogP contribution is -2.37. The Hall–Kier alpha value is -3.62. The zero-order chi connectivity index (χ0) is 46.2. The number of ether oxygens (including phenoxy) is 2. The number of likely N-dealkylation sites (N-methyl/N-ethyl adjacent to an activating group) is 1. The van der Waals surface area contributed by atoms with Crippen molar-refractivity contribution in [2.75, 3.05) is 54.1 Å². The number of carbonyl (C=O) groups is 1. The van der Waals surface area contributed by atoms with Crippen molar-refractivity contribution in [2.45, 2.75) is 136 Å². The maximum absolute atomic E-state index is 12.7. The standard InChI is InChI=1S/C54H86NO7P/c1-6-8-10-12-14-16-18-20-22-24-25-26-27-28-29-30-31-32-33-35-37-39-41-43-45-47-54(56)62-53(52-61-63(57,58)60-50-48-55(3,4)5)51-59-49-46-44-42-40-38-36-34-23-21-19-17-15-13-11-9-7-2/h8-11,14-17,20-23,25-26,28-29,31-32,35-38,42,44,53H,6-7,12-13,18-19,24,27,30,33-34,39-41,43,45-52H2,1-5H3/b10-8-,11-9-,16-14-,17-15-,22-20-,23-21-,26-25-,29-28-,32-31-,37-35-,38-36-,44-42-. The quantitative estimate of drug-likeness (QED) is 0.0198. The van der Waals surface area contributed by atoms with Crippen LogP contribution in [0.15, 0.2) is 146 Å². The minimum Gasteiger partial charge on any atom is -0.756 e. The normalized spacial score (nSPS) is 15.0. The van der Waals surface area contributed by atoms with E-state index in [1.807, 2.05) is 27.2 Å². The molecule has 0 heterocycles. The molecule has 0 saturated heterocycles. The topological polar surface area (TPSA) is 94.1 Å². The highest BCUT2D eigenvalue weighted by molar-refractivity contribution is 7.45. The number of allylic oxidation sites excluding steroid dienone is 23. The van der Waals surface area contributed by atoms with Crippen LogP contribution in [0.2, 0.25) is 0 Å². The summed E-state index contributed by atoms with van der Waals surface area (Å²) in [6, 6.07) is 0. The smallest absolute Gasteiger partial charge is 0.306 e. The second-order valence-corrected chi connectivity index (χ2v) is 17.4. The number of hydrogen-bond donors (Lipinski definition) is 0. The Bertz CT molecular complexity index is 1500. The molecule has 0 aliphatic rings. The lowest BCUT2D eigenvalue weighted by molar-refractivity contribution is -0.870. The summed E-state index contributed by atoms with van der Waals surface area (Å²) in [6.07, 6.45) is 67.5. The predicted molar refractivity (Wildman–Crippen MR) is 267 cm³/mol. The third-order valence-electron chi connectivity index (χ3n) is 8.91. The van der Waals surface area contributed by atoms with Gasteiger partial charge in [0.05, 0.1) is 41.0 Å². The first-order chi connectivity index (χ1) is 30.6. The first-order valence-corrected chi connectivity index (χ1v) is 25.0. The maximum atomic E-state index is 12.7. The van der Waals surface area contributed by atoms with Gasteiger partial charge in [0.25, 0.3) is 7.82 Å². The van der Waals surface area contributed by atoms with Crippen molar-refractivity contribution < 1.29 is 37.3 Å². The van der Waals surface area contributed by atoms with Gasteiger partial charge in [0, 0.05) is 6.42 Å².